The first-order valence-corrected chi connectivity index (χ1v) is 7.23. The molecule has 0 aromatic carbocycles. The van der Waals surface area contributed by atoms with Gasteiger partial charge in [-0.05, 0) is 23.6 Å². The van der Waals surface area contributed by atoms with Gasteiger partial charge >= 0.3 is 0 Å². The maximum atomic E-state index is 12.2. The second kappa shape index (κ2) is 8.32. The molecule has 0 bridgehead atoms. The van der Waals surface area contributed by atoms with Gasteiger partial charge in [0, 0.05) is 45.1 Å². The zero-order chi connectivity index (χ0) is 14.5. The number of piperazine rings is 1. The number of hydrogen-bond acceptors (Lipinski definition) is 4. The molecular weight excluding hydrogens is 288 g/mol. The molecule has 1 aromatic heterocycles. The van der Waals surface area contributed by atoms with E-state index in [0.717, 1.165) is 32.7 Å². The Kier molecular flexibility index (Phi) is 7.08. The Hall–Kier alpha value is -1.17. The molecule has 6 heteroatoms. The minimum Gasteiger partial charge on any atom is -0.339 e. The Bertz CT molecular complexity index is 433. The van der Waals surface area contributed by atoms with Gasteiger partial charge in [0.1, 0.15) is 0 Å². The van der Waals surface area contributed by atoms with Gasteiger partial charge in [0.2, 0.25) is 5.91 Å². The van der Waals surface area contributed by atoms with Crippen LogP contribution in [0.5, 0.6) is 0 Å². The summed E-state index contributed by atoms with van der Waals surface area (Å²) in [6.07, 6.45) is 3.63. The van der Waals surface area contributed by atoms with Crippen LogP contribution in [-0.2, 0) is 11.3 Å². The fraction of sp³-hybridized carbons (Fsp3) is 0.600. The molecule has 1 amide bonds. The smallest absolute Gasteiger partial charge is 0.239 e. The number of hydrogen-bond donors (Lipinski definition) is 1. The largest absolute Gasteiger partial charge is 0.339 e. The number of pyridine rings is 1. The number of amides is 1. The highest BCUT2D eigenvalue weighted by Gasteiger charge is 2.26. The Morgan fingerprint density at radius 1 is 1.24 bits per heavy atom. The molecule has 0 unspecified atom stereocenters. The van der Waals surface area contributed by atoms with E-state index in [1.54, 1.807) is 0 Å². The average Bonchev–Trinajstić information content (AvgIpc) is 2.47. The number of halogens is 1. The Morgan fingerprint density at radius 3 is 2.33 bits per heavy atom. The summed E-state index contributed by atoms with van der Waals surface area (Å²) in [5.74, 6) is 0.279. The molecule has 1 aliphatic heterocycles. The van der Waals surface area contributed by atoms with Crippen LogP contribution in [-0.4, -0.2) is 52.9 Å². The number of rotatable bonds is 4. The summed E-state index contributed by atoms with van der Waals surface area (Å²) >= 11 is 0. The molecule has 1 aliphatic rings. The third-order valence-electron chi connectivity index (χ3n) is 3.84. The van der Waals surface area contributed by atoms with Gasteiger partial charge in [-0.25, -0.2) is 0 Å². The third kappa shape index (κ3) is 4.95. The van der Waals surface area contributed by atoms with Crippen molar-refractivity contribution in [3.63, 3.8) is 0 Å². The van der Waals surface area contributed by atoms with Crippen LogP contribution in [0.25, 0.3) is 0 Å². The van der Waals surface area contributed by atoms with Crippen molar-refractivity contribution in [1.29, 1.82) is 0 Å². The molecular formula is C15H25ClN4O. The van der Waals surface area contributed by atoms with E-state index in [1.807, 2.05) is 43.3 Å². The van der Waals surface area contributed by atoms with Crippen molar-refractivity contribution in [2.45, 2.75) is 26.4 Å². The van der Waals surface area contributed by atoms with Gasteiger partial charge in [-0.3, -0.25) is 14.7 Å². The summed E-state index contributed by atoms with van der Waals surface area (Å²) < 4.78 is 0. The quantitative estimate of drug-likeness (QED) is 0.905. The molecule has 118 valence electrons. The molecule has 0 saturated carbocycles. The van der Waals surface area contributed by atoms with Gasteiger partial charge in [0.15, 0.2) is 0 Å². The van der Waals surface area contributed by atoms with E-state index in [2.05, 4.69) is 9.88 Å². The lowest BCUT2D eigenvalue weighted by atomic mass is 10.0. The Balaban J connectivity index is 0.00000220. The number of aromatic nitrogens is 1. The van der Waals surface area contributed by atoms with E-state index in [9.17, 15) is 4.79 Å². The van der Waals surface area contributed by atoms with Crippen LogP contribution in [0.4, 0.5) is 0 Å². The highest BCUT2D eigenvalue weighted by atomic mass is 35.5. The second-order valence-corrected chi connectivity index (χ2v) is 5.73. The summed E-state index contributed by atoms with van der Waals surface area (Å²) in [7, 11) is 0. The van der Waals surface area contributed by atoms with Crippen LogP contribution in [0.1, 0.15) is 19.4 Å². The van der Waals surface area contributed by atoms with E-state index in [-0.39, 0.29) is 30.3 Å². The van der Waals surface area contributed by atoms with Gasteiger partial charge in [-0.1, -0.05) is 13.8 Å². The second-order valence-electron chi connectivity index (χ2n) is 5.73. The molecule has 2 heterocycles. The normalized spacial score (nSPS) is 17.4. The molecule has 1 aromatic rings. The van der Waals surface area contributed by atoms with Crippen LogP contribution in [0.15, 0.2) is 24.5 Å². The van der Waals surface area contributed by atoms with Crippen molar-refractivity contribution >= 4 is 18.3 Å². The lowest BCUT2D eigenvalue weighted by molar-refractivity contribution is -0.135. The summed E-state index contributed by atoms with van der Waals surface area (Å²) in [6, 6.07) is 3.69. The molecule has 0 aliphatic carbocycles. The van der Waals surface area contributed by atoms with E-state index in [0.29, 0.717) is 0 Å². The molecule has 2 rings (SSSR count). The molecule has 0 radical (unpaired) electrons. The minimum atomic E-state index is -0.373. The topological polar surface area (TPSA) is 62.5 Å². The van der Waals surface area contributed by atoms with Crippen LogP contribution >= 0.6 is 12.4 Å². The van der Waals surface area contributed by atoms with Crippen LogP contribution in [0, 0.1) is 5.92 Å². The maximum absolute atomic E-state index is 12.2. The van der Waals surface area contributed by atoms with Crippen molar-refractivity contribution < 1.29 is 4.79 Å². The van der Waals surface area contributed by atoms with Gasteiger partial charge in [-0.15, -0.1) is 12.4 Å². The van der Waals surface area contributed by atoms with E-state index in [1.165, 1.54) is 5.56 Å². The third-order valence-corrected chi connectivity index (χ3v) is 3.84. The molecule has 1 saturated heterocycles. The SMILES string of the molecule is CC(C)[C@H](N)C(=O)N1CCN(Cc2ccncc2)CC1.Cl. The zero-order valence-electron chi connectivity index (χ0n) is 12.7. The minimum absolute atomic E-state index is 0. The average molecular weight is 313 g/mol. The van der Waals surface area contributed by atoms with Gasteiger partial charge in [0.05, 0.1) is 6.04 Å². The first-order valence-electron chi connectivity index (χ1n) is 7.23. The predicted molar refractivity (Wildman–Crippen MR) is 86.2 cm³/mol. The predicted octanol–water partition coefficient (Wildman–Crippen LogP) is 1.13. The number of carbonyl (C=O) groups is 1. The number of carbonyl (C=O) groups excluding carboxylic acids is 1. The molecule has 2 N–H and O–H groups in total. The molecule has 1 atom stereocenters. The number of nitrogens with two attached hydrogens (primary N) is 1. The lowest BCUT2D eigenvalue weighted by Gasteiger charge is -2.36. The van der Waals surface area contributed by atoms with Crippen LogP contribution < -0.4 is 5.73 Å². The lowest BCUT2D eigenvalue weighted by Crippen LogP contribution is -2.54. The zero-order valence-corrected chi connectivity index (χ0v) is 13.6. The van der Waals surface area contributed by atoms with Gasteiger partial charge in [-0.2, -0.15) is 0 Å². The van der Waals surface area contributed by atoms with Crippen molar-refractivity contribution in [3.8, 4) is 0 Å². The molecule has 5 nitrogen and oxygen atoms in total. The van der Waals surface area contributed by atoms with Crippen molar-refractivity contribution in [2.24, 2.45) is 11.7 Å². The van der Waals surface area contributed by atoms with E-state index >= 15 is 0 Å². The van der Waals surface area contributed by atoms with Crippen LogP contribution in [0.2, 0.25) is 0 Å². The van der Waals surface area contributed by atoms with Crippen molar-refractivity contribution in [1.82, 2.24) is 14.8 Å². The number of nitrogens with zero attached hydrogens (tertiary/aromatic N) is 3. The van der Waals surface area contributed by atoms with Crippen molar-refractivity contribution in [3.05, 3.63) is 30.1 Å². The van der Waals surface area contributed by atoms with Gasteiger partial charge in [0.25, 0.3) is 0 Å². The standard InChI is InChI=1S/C15H24N4O.ClH/c1-12(2)14(16)15(20)19-9-7-18(8-10-19)11-13-3-5-17-6-4-13;/h3-6,12,14H,7-11,16H2,1-2H3;1H/t14-;/m0./s1. The Morgan fingerprint density at radius 2 is 1.81 bits per heavy atom. The fourth-order valence-electron chi connectivity index (χ4n) is 2.37. The summed E-state index contributed by atoms with van der Waals surface area (Å²) in [5, 5.41) is 0. The van der Waals surface area contributed by atoms with E-state index < -0.39 is 0 Å². The Labute approximate surface area is 132 Å². The summed E-state index contributed by atoms with van der Waals surface area (Å²) in [6.45, 7) is 8.23. The van der Waals surface area contributed by atoms with Crippen molar-refractivity contribution in [2.75, 3.05) is 26.2 Å². The summed E-state index contributed by atoms with van der Waals surface area (Å²) in [5.41, 5.74) is 7.20. The maximum Gasteiger partial charge on any atom is 0.239 e. The molecule has 0 spiro atoms. The first kappa shape index (κ1) is 17.9. The highest BCUT2D eigenvalue weighted by molar-refractivity contribution is 5.85. The first-order chi connectivity index (χ1) is 9.58. The monoisotopic (exact) mass is 312 g/mol. The van der Waals surface area contributed by atoms with Crippen LogP contribution in [0.3, 0.4) is 0 Å². The van der Waals surface area contributed by atoms with E-state index in [4.69, 9.17) is 5.73 Å². The molecule has 21 heavy (non-hydrogen) atoms. The van der Waals surface area contributed by atoms with Gasteiger partial charge < -0.3 is 10.6 Å². The fourth-order valence-corrected chi connectivity index (χ4v) is 2.37. The summed E-state index contributed by atoms with van der Waals surface area (Å²) in [4.78, 5) is 20.5. The highest BCUT2D eigenvalue weighted by Crippen LogP contribution is 2.10. The molecule has 1 fully saturated rings.